The molecule has 0 aliphatic heterocycles. The van der Waals surface area contributed by atoms with Crippen LogP contribution in [0.1, 0.15) is 30.0 Å². The standard InChI is InChI=1S/C15H15N5O3/c1-9-4-5-12(6-10(9)2)15-18-17-14(23-15)11(3)19-8-13(7-16-19)20(21)22/h4-8,11H,1-3H3/t11-/m0/s1. The van der Waals surface area contributed by atoms with Gasteiger partial charge in [0.05, 0.1) is 4.92 Å². The number of nitrogens with zero attached hydrogens (tertiary/aromatic N) is 5. The van der Waals surface area contributed by atoms with Crippen molar-refractivity contribution in [1.82, 2.24) is 20.0 Å². The number of aryl methyl sites for hydroxylation is 2. The highest BCUT2D eigenvalue weighted by Crippen LogP contribution is 2.24. The molecule has 0 bridgehead atoms. The second-order valence-electron chi connectivity index (χ2n) is 5.36. The van der Waals surface area contributed by atoms with E-state index in [0.29, 0.717) is 11.8 Å². The molecule has 3 rings (SSSR count). The van der Waals surface area contributed by atoms with Gasteiger partial charge < -0.3 is 4.42 Å². The minimum atomic E-state index is -0.495. The summed E-state index contributed by atoms with van der Waals surface area (Å²) in [6.07, 6.45) is 2.53. The topological polar surface area (TPSA) is 99.9 Å². The van der Waals surface area contributed by atoms with Crippen LogP contribution in [0.5, 0.6) is 0 Å². The molecule has 1 aromatic carbocycles. The number of hydrogen-bond donors (Lipinski definition) is 0. The Morgan fingerprint density at radius 1 is 1.26 bits per heavy atom. The van der Waals surface area contributed by atoms with Gasteiger partial charge in [-0.3, -0.25) is 14.8 Å². The van der Waals surface area contributed by atoms with Crippen molar-refractivity contribution < 1.29 is 9.34 Å². The average Bonchev–Trinajstić information content (AvgIpc) is 3.18. The van der Waals surface area contributed by atoms with E-state index < -0.39 is 11.0 Å². The molecular formula is C15H15N5O3. The molecule has 0 spiro atoms. The van der Waals surface area contributed by atoms with E-state index in [4.69, 9.17) is 4.42 Å². The lowest BCUT2D eigenvalue weighted by Crippen LogP contribution is -2.07. The predicted octanol–water partition coefficient (Wildman–Crippen LogP) is 3.07. The molecule has 1 atom stereocenters. The summed E-state index contributed by atoms with van der Waals surface area (Å²) in [4.78, 5) is 10.2. The minimum Gasteiger partial charge on any atom is -0.418 e. The van der Waals surface area contributed by atoms with Crippen molar-refractivity contribution in [2.45, 2.75) is 26.8 Å². The summed E-state index contributed by atoms with van der Waals surface area (Å²) in [5, 5.41) is 22.8. The molecule has 3 aromatic rings. The Balaban J connectivity index is 1.88. The Morgan fingerprint density at radius 2 is 2.04 bits per heavy atom. The third-order valence-corrected chi connectivity index (χ3v) is 3.75. The van der Waals surface area contributed by atoms with Crippen LogP contribution in [0, 0.1) is 24.0 Å². The number of benzene rings is 1. The van der Waals surface area contributed by atoms with E-state index in [2.05, 4.69) is 15.3 Å². The molecule has 0 amide bonds. The lowest BCUT2D eigenvalue weighted by Gasteiger charge is -2.06. The van der Waals surface area contributed by atoms with Gasteiger partial charge in [0.25, 0.3) is 0 Å². The van der Waals surface area contributed by atoms with Gasteiger partial charge in [-0.1, -0.05) is 6.07 Å². The van der Waals surface area contributed by atoms with E-state index in [1.165, 1.54) is 22.6 Å². The molecule has 0 aliphatic rings. The summed E-state index contributed by atoms with van der Waals surface area (Å²) in [5.41, 5.74) is 3.08. The average molecular weight is 313 g/mol. The van der Waals surface area contributed by atoms with Crippen LogP contribution in [0.15, 0.2) is 35.0 Å². The van der Waals surface area contributed by atoms with E-state index in [0.717, 1.165) is 11.1 Å². The first kappa shape index (κ1) is 14.9. The summed E-state index contributed by atoms with van der Waals surface area (Å²) in [6, 6.07) is 5.50. The van der Waals surface area contributed by atoms with Crippen molar-refractivity contribution in [2.75, 3.05) is 0 Å². The fourth-order valence-corrected chi connectivity index (χ4v) is 2.14. The molecule has 0 saturated carbocycles. The van der Waals surface area contributed by atoms with Gasteiger partial charge in [-0.2, -0.15) is 5.10 Å². The van der Waals surface area contributed by atoms with Crippen molar-refractivity contribution in [1.29, 1.82) is 0 Å². The Kier molecular flexibility index (Phi) is 3.65. The fourth-order valence-electron chi connectivity index (χ4n) is 2.14. The van der Waals surface area contributed by atoms with Gasteiger partial charge in [0.2, 0.25) is 11.8 Å². The fraction of sp³-hybridized carbons (Fsp3) is 0.267. The van der Waals surface area contributed by atoms with E-state index in [1.807, 2.05) is 32.0 Å². The van der Waals surface area contributed by atoms with Crippen LogP contribution in [0.25, 0.3) is 11.5 Å². The normalized spacial score (nSPS) is 12.3. The van der Waals surface area contributed by atoms with E-state index >= 15 is 0 Å². The van der Waals surface area contributed by atoms with Gasteiger partial charge >= 0.3 is 5.69 Å². The highest BCUT2D eigenvalue weighted by Gasteiger charge is 2.20. The maximum atomic E-state index is 10.7. The Morgan fingerprint density at radius 3 is 2.70 bits per heavy atom. The van der Waals surface area contributed by atoms with Crippen LogP contribution in [-0.4, -0.2) is 24.9 Å². The molecule has 0 saturated heterocycles. The molecular weight excluding hydrogens is 298 g/mol. The molecule has 0 N–H and O–H groups in total. The minimum absolute atomic E-state index is 0.0780. The van der Waals surface area contributed by atoms with Gasteiger partial charge in [-0.25, -0.2) is 0 Å². The van der Waals surface area contributed by atoms with Crippen molar-refractivity contribution in [3.63, 3.8) is 0 Å². The zero-order chi connectivity index (χ0) is 16.6. The SMILES string of the molecule is Cc1ccc(-c2nnc([C@H](C)n3cc([N+](=O)[O-])cn3)o2)cc1C. The lowest BCUT2D eigenvalue weighted by atomic mass is 10.1. The zero-order valence-electron chi connectivity index (χ0n) is 12.9. The van der Waals surface area contributed by atoms with E-state index in [-0.39, 0.29) is 5.69 Å². The first-order valence-electron chi connectivity index (χ1n) is 7.05. The number of hydrogen-bond acceptors (Lipinski definition) is 6. The Labute approximate surface area is 131 Å². The van der Waals surface area contributed by atoms with Crippen molar-refractivity contribution in [2.24, 2.45) is 0 Å². The smallest absolute Gasteiger partial charge is 0.307 e. The first-order valence-corrected chi connectivity index (χ1v) is 7.05. The van der Waals surface area contributed by atoms with Crippen LogP contribution in [0.4, 0.5) is 5.69 Å². The predicted molar refractivity (Wildman–Crippen MR) is 81.9 cm³/mol. The van der Waals surface area contributed by atoms with Gasteiger partial charge in [-0.15, -0.1) is 10.2 Å². The quantitative estimate of drug-likeness (QED) is 0.542. The molecule has 0 fully saturated rings. The molecule has 0 radical (unpaired) electrons. The van der Waals surface area contributed by atoms with Crippen molar-refractivity contribution >= 4 is 5.69 Å². The molecule has 0 unspecified atom stereocenters. The van der Waals surface area contributed by atoms with E-state index in [1.54, 1.807) is 6.92 Å². The maximum absolute atomic E-state index is 10.7. The molecule has 2 aromatic heterocycles. The van der Waals surface area contributed by atoms with Gasteiger partial charge in [-0.05, 0) is 44.0 Å². The summed E-state index contributed by atoms with van der Waals surface area (Å²) >= 11 is 0. The van der Waals surface area contributed by atoms with Crippen LogP contribution in [0.2, 0.25) is 0 Å². The number of rotatable bonds is 4. The van der Waals surface area contributed by atoms with Crippen molar-refractivity contribution in [3.8, 4) is 11.5 Å². The maximum Gasteiger partial charge on any atom is 0.307 e. The molecule has 8 nitrogen and oxygen atoms in total. The summed E-state index contributed by atoms with van der Waals surface area (Å²) in [5.74, 6) is 0.757. The highest BCUT2D eigenvalue weighted by molar-refractivity contribution is 5.55. The second-order valence-corrected chi connectivity index (χ2v) is 5.36. The summed E-state index contributed by atoms with van der Waals surface area (Å²) < 4.78 is 7.12. The van der Waals surface area contributed by atoms with Gasteiger partial charge in [0.1, 0.15) is 18.4 Å². The molecule has 118 valence electrons. The lowest BCUT2D eigenvalue weighted by molar-refractivity contribution is -0.385. The molecule has 23 heavy (non-hydrogen) atoms. The van der Waals surface area contributed by atoms with Crippen LogP contribution < -0.4 is 0 Å². The second kappa shape index (κ2) is 5.64. The van der Waals surface area contributed by atoms with E-state index in [9.17, 15) is 10.1 Å². The summed E-state index contributed by atoms with van der Waals surface area (Å²) in [6.45, 7) is 5.83. The van der Waals surface area contributed by atoms with Gasteiger partial charge in [0, 0.05) is 5.56 Å². The Hall–Kier alpha value is -3.03. The van der Waals surface area contributed by atoms with Crippen LogP contribution in [0.3, 0.4) is 0 Å². The molecule has 8 heteroatoms. The largest absolute Gasteiger partial charge is 0.418 e. The third-order valence-electron chi connectivity index (χ3n) is 3.75. The highest BCUT2D eigenvalue weighted by atomic mass is 16.6. The van der Waals surface area contributed by atoms with Crippen LogP contribution in [-0.2, 0) is 0 Å². The molecule has 2 heterocycles. The first-order chi connectivity index (χ1) is 11.0. The zero-order valence-corrected chi connectivity index (χ0v) is 12.9. The van der Waals surface area contributed by atoms with Crippen molar-refractivity contribution in [3.05, 3.63) is 57.7 Å². The number of aromatic nitrogens is 4. The molecule has 0 aliphatic carbocycles. The Bertz CT molecular complexity index is 868. The van der Waals surface area contributed by atoms with Crippen LogP contribution >= 0.6 is 0 Å². The third kappa shape index (κ3) is 2.83. The number of nitro groups is 1. The monoisotopic (exact) mass is 313 g/mol. The summed E-state index contributed by atoms with van der Waals surface area (Å²) in [7, 11) is 0. The van der Waals surface area contributed by atoms with Gasteiger partial charge in [0.15, 0.2) is 0 Å².